The first-order valence-corrected chi connectivity index (χ1v) is 9.14. The maximum atomic E-state index is 12.4. The molecule has 0 unspecified atom stereocenters. The minimum Gasteiger partial charge on any atom is -0.494 e. The van der Waals surface area contributed by atoms with Gasteiger partial charge in [-0.05, 0) is 34.7 Å². The normalized spacial score (nSPS) is 10.4. The van der Waals surface area contributed by atoms with Gasteiger partial charge in [-0.3, -0.25) is 4.79 Å². The Morgan fingerprint density at radius 2 is 1.86 bits per heavy atom. The molecule has 0 aliphatic carbocycles. The number of methoxy groups -OCH3 is 2. The number of anilines is 1. The van der Waals surface area contributed by atoms with E-state index in [-0.39, 0.29) is 17.2 Å². The molecule has 0 spiro atoms. The van der Waals surface area contributed by atoms with Gasteiger partial charge in [-0.25, -0.2) is 4.79 Å². The van der Waals surface area contributed by atoms with Crippen LogP contribution in [0.4, 0.5) is 5.69 Å². The largest absolute Gasteiger partial charge is 0.494 e. The molecule has 0 fully saturated rings. The molecule has 28 heavy (non-hydrogen) atoms. The second kappa shape index (κ2) is 9.00. The zero-order valence-corrected chi connectivity index (χ0v) is 16.0. The third-order valence-corrected chi connectivity index (χ3v) is 4.61. The lowest BCUT2D eigenvalue weighted by Gasteiger charge is -2.10. The predicted molar refractivity (Wildman–Crippen MR) is 103 cm³/mol. The molecule has 3 aromatic rings. The molecule has 0 atom stereocenters. The Morgan fingerprint density at radius 3 is 2.64 bits per heavy atom. The second-order valence-corrected chi connectivity index (χ2v) is 6.36. The second-order valence-electron chi connectivity index (χ2n) is 5.42. The molecule has 0 aliphatic rings. The minimum absolute atomic E-state index is 0.0467. The van der Waals surface area contributed by atoms with Crippen molar-refractivity contribution < 1.29 is 19.1 Å². The van der Waals surface area contributed by atoms with Crippen molar-refractivity contribution in [2.45, 2.75) is 5.16 Å². The van der Waals surface area contributed by atoms with Crippen LogP contribution in [0.25, 0.3) is 5.69 Å². The summed E-state index contributed by atoms with van der Waals surface area (Å²) in [6, 6.07) is 13.9. The van der Waals surface area contributed by atoms with Crippen LogP contribution in [0.15, 0.2) is 53.7 Å². The summed E-state index contributed by atoms with van der Waals surface area (Å²) >= 11 is 1.16. The Morgan fingerprint density at radius 1 is 1.11 bits per heavy atom. The molecule has 9 nitrogen and oxygen atoms in total. The van der Waals surface area contributed by atoms with E-state index in [2.05, 4.69) is 20.8 Å². The third-order valence-electron chi connectivity index (χ3n) is 3.69. The summed E-state index contributed by atoms with van der Waals surface area (Å²) in [5.41, 5.74) is 1.32. The average Bonchev–Trinajstić information content (AvgIpc) is 3.20. The maximum absolute atomic E-state index is 12.4. The minimum atomic E-state index is -0.524. The first kappa shape index (κ1) is 19.4. The van der Waals surface area contributed by atoms with Crippen molar-refractivity contribution in [1.29, 1.82) is 0 Å². The van der Waals surface area contributed by atoms with Crippen LogP contribution in [-0.4, -0.2) is 52.1 Å². The number of thioether (sulfide) groups is 1. The molecule has 0 saturated carbocycles. The van der Waals surface area contributed by atoms with Crippen LogP contribution in [0.2, 0.25) is 0 Å². The molecule has 1 amide bonds. The van der Waals surface area contributed by atoms with Gasteiger partial charge < -0.3 is 14.8 Å². The zero-order chi connectivity index (χ0) is 19.9. The van der Waals surface area contributed by atoms with Gasteiger partial charge in [0.2, 0.25) is 11.1 Å². The molecule has 10 heteroatoms. The van der Waals surface area contributed by atoms with Gasteiger partial charge in [-0.15, -0.1) is 5.10 Å². The van der Waals surface area contributed by atoms with Gasteiger partial charge in [0.1, 0.15) is 11.4 Å². The number of amides is 1. The molecule has 0 saturated heterocycles. The molecule has 144 valence electrons. The van der Waals surface area contributed by atoms with E-state index in [1.54, 1.807) is 37.4 Å². The number of carbonyl (C=O) groups excluding carboxylic acids is 2. The van der Waals surface area contributed by atoms with Crippen molar-refractivity contribution in [2.75, 3.05) is 25.3 Å². The fraction of sp³-hybridized carbons (Fsp3) is 0.167. The average molecular weight is 399 g/mol. The van der Waals surface area contributed by atoms with E-state index in [9.17, 15) is 9.59 Å². The number of benzene rings is 2. The Bertz CT molecular complexity index is 991. The Balaban J connectivity index is 1.70. The number of esters is 1. The van der Waals surface area contributed by atoms with Gasteiger partial charge in [0.05, 0.1) is 31.2 Å². The summed E-state index contributed by atoms with van der Waals surface area (Å²) < 4.78 is 11.6. The Labute approximate surface area is 165 Å². The number of ether oxygens (including phenoxy) is 2. The molecule has 3 rings (SSSR count). The fourth-order valence-corrected chi connectivity index (χ4v) is 3.11. The van der Waals surface area contributed by atoms with Crippen LogP contribution in [0.3, 0.4) is 0 Å². The first-order chi connectivity index (χ1) is 13.6. The number of rotatable bonds is 7. The molecule has 0 radical (unpaired) electrons. The van der Waals surface area contributed by atoms with E-state index in [4.69, 9.17) is 9.47 Å². The molecular weight excluding hydrogens is 382 g/mol. The molecule has 1 aromatic heterocycles. The Hall–Kier alpha value is -3.40. The van der Waals surface area contributed by atoms with E-state index in [0.717, 1.165) is 11.8 Å². The van der Waals surface area contributed by atoms with Crippen molar-refractivity contribution in [2.24, 2.45) is 0 Å². The Kier molecular flexibility index (Phi) is 6.22. The predicted octanol–water partition coefficient (Wildman–Crippen LogP) is 2.19. The summed E-state index contributed by atoms with van der Waals surface area (Å²) in [7, 11) is 2.84. The van der Waals surface area contributed by atoms with E-state index >= 15 is 0 Å². The van der Waals surface area contributed by atoms with Gasteiger partial charge in [-0.2, -0.15) is 4.68 Å². The van der Waals surface area contributed by atoms with Crippen LogP contribution in [0, 0.1) is 0 Å². The number of aromatic nitrogens is 4. The topological polar surface area (TPSA) is 108 Å². The number of nitrogens with zero attached hydrogens (tertiary/aromatic N) is 4. The highest BCUT2D eigenvalue weighted by atomic mass is 32.2. The zero-order valence-electron chi connectivity index (χ0n) is 15.2. The highest BCUT2D eigenvalue weighted by molar-refractivity contribution is 7.99. The quantitative estimate of drug-likeness (QED) is 0.476. The molecule has 0 aliphatic heterocycles. The van der Waals surface area contributed by atoms with Gasteiger partial charge in [0, 0.05) is 0 Å². The van der Waals surface area contributed by atoms with Crippen LogP contribution in [0.5, 0.6) is 5.75 Å². The standard InChI is InChI=1S/C18H17N5O4S/c1-26-15-10-6-5-9-14(15)23-18(20-21-22-23)28-11-16(24)19-13-8-4-3-7-12(13)17(25)27-2/h3-10H,11H2,1-2H3,(H,19,24). The smallest absolute Gasteiger partial charge is 0.339 e. The molecule has 1 N–H and O–H groups in total. The summed E-state index contributed by atoms with van der Waals surface area (Å²) in [4.78, 5) is 24.2. The number of nitrogens with one attached hydrogen (secondary N) is 1. The van der Waals surface area contributed by atoms with Gasteiger partial charge in [-0.1, -0.05) is 36.0 Å². The number of para-hydroxylation sites is 3. The summed E-state index contributed by atoms with van der Waals surface area (Å²) in [6.45, 7) is 0. The van der Waals surface area contributed by atoms with Gasteiger partial charge >= 0.3 is 5.97 Å². The lowest BCUT2D eigenvalue weighted by molar-refractivity contribution is -0.113. The van der Waals surface area contributed by atoms with Crippen molar-refractivity contribution in [3.8, 4) is 11.4 Å². The van der Waals surface area contributed by atoms with E-state index < -0.39 is 5.97 Å². The third kappa shape index (κ3) is 4.29. The summed E-state index contributed by atoms with van der Waals surface area (Å²) in [5.74, 6) is -0.182. The van der Waals surface area contributed by atoms with Crippen LogP contribution >= 0.6 is 11.8 Å². The number of hydrogen-bond donors (Lipinski definition) is 1. The van der Waals surface area contributed by atoms with Crippen molar-refractivity contribution in [3.05, 3.63) is 54.1 Å². The monoisotopic (exact) mass is 399 g/mol. The van der Waals surface area contributed by atoms with Gasteiger partial charge in [0.15, 0.2) is 0 Å². The highest BCUT2D eigenvalue weighted by Crippen LogP contribution is 2.25. The molecule has 0 bridgehead atoms. The molecular formula is C18H17N5O4S. The van der Waals surface area contributed by atoms with Crippen molar-refractivity contribution in [3.63, 3.8) is 0 Å². The highest BCUT2D eigenvalue weighted by Gasteiger charge is 2.16. The molecule has 1 heterocycles. The first-order valence-electron chi connectivity index (χ1n) is 8.15. The maximum Gasteiger partial charge on any atom is 0.339 e. The fourth-order valence-electron chi connectivity index (χ4n) is 2.42. The van der Waals surface area contributed by atoms with Crippen LogP contribution in [0.1, 0.15) is 10.4 Å². The van der Waals surface area contributed by atoms with Crippen LogP contribution < -0.4 is 10.1 Å². The SMILES string of the molecule is COC(=O)c1ccccc1NC(=O)CSc1nnnn1-c1ccccc1OC. The lowest BCUT2D eigenvalue weighted by atomic mass is 10.2. The van der Waals surface area contributed by atoms with Gasteiger partial charge in [0.25, 0.3) is 0 Å². The number of hydrogen-bond acceptors (Lipinski definition) is 8. The summed E-state index contributed by atoms with van der Waals surface area (Å²) in [5, 5.41) is 14.7. The number of carbonyl (C=O) groups is 2. The number of tetrazole rings is 1. The van der Waals surface area contributed by atoms with Crippen molar-refractivity contribution in [1.82, 2.24) is 20.2 Å². The lowest BCUT2D eigenvalue weighted by Crippen LogP contribution is -2.17. The van der Waals surface area contributed by atoms with E-state index in [0.29, 0.717) is 22.3 Å². The summed E-state index contributed by atoms with van der Waals surface area (Å²) in [6.07, 6.45) is 0. The van der Waals surface area contributed by atoms with Crippen molar-refractivity contribution >= 4 is 29.3 Å². The van der Waals surface area contributed by atoms with Crippen LogP contribution in [-0.2, 0) is 9.53 Å². The van der Waals surface area contributed by atoms with E-state index in [1.807, 2.05) is 18.2 Å². The van der Waals surface area contributed by atoms with E-state index in [1.165, 1.54) is 11.8 Å². The molecule has 2 aromatic carbocycles.